The van der Waals surface area contributed by atoms with Gasteiger partial charge in [-0.15, -0.1) is 10.2 Å². The second-order valence-electron chi connectivity index (χ2n) is 3.02. The molecular weight excluding hydrogens is 160 g/mol. The van der Waals surface area contributed by atoms with Crippen LogP contribution in [0.3, 0.4) is 0 Å². The van der Waals surface area contributed by atoms with Crippen LogP contribution in [0.1, 0.15) is 46.0 Å². The van der Waals surface area contributed by atoms with Gasteiger partial charge in [-0.25, -0.2) is 0 Å². The Labute approximate surface area is 92.1 Å². The minimum atomic E-state index is 0. The predicted octanol–water partition coefficient (Wildman–Crippen LogP) is 1.94. The average molecular weight is 183 g/mol. The van der Waals surface area contributed by atoms with Crippen molar-refractivity contribution in [2.75, 3.05) is 0 Å². The topological polar surface area (TPSA) is 0 Å². The molecule has 0 saturated heterocycles. The SMILES string of the molecule is CCCCCC[C-](C)[SiH3].[CH3-].[Mg+2]. The molecule has 0 N–H and O–H groups in total. The molecule has 0 amide bonds. The standard InChI is InChI=1S/C8H19Si.CH3.Mg/c1-3-4-5-6-7-8(2)9;;/h3-7H2,1-2,9H3;1H3;/q2*-1;+2. The van der Waals surface area contributed by atoms with Crippen molar-refractivity contribution in [2.24, 2.45) is 0 Å². The second kappa shape index (κ2) is 13.6. The Kier molecular flexibility index (Phi) is 22.1. The fourth-order valence-electron chi connectivity index (χ4n) is 0.905. The molecule has 0 aliphatic carbocycles. The van der Waals surface area contributed by atoms with Gasteiger partial charge in [0.2, 0.25) is 0 Å². The van der Waals surface area contributed by atoms with Crippen molar-refractivity contribution >= 4 is 33.3 Å². The van der Waals surface area contributed by atoms with E-state index in [1.54, 1.807) is 5.54 Å². The fraction of sp³-hybridized carbons (Fsp3) is 0.778. The fourth-order valence-corrected chi connectivity index (χ4v) is 1.26. The maximum Gasteiger partial charge on any atom is 2.00 e. The monoisotopic (exact) mass is 182 g/mol. The molecule has 11 heavy (non-hydrogen) atoms. The molecule has 0 aliphatic heterocycles. The summed E-state index contributed by atoms with van der Waals surface area (Å²) in [5, 5.41) is 0. The quantitative estimate of drug-likeness (QED) is 0.346. The first-order valence-corrected chi connectivity index (χ1v) is 5.06. The van der Waals surface area contributed by atoms with Gasteiger partial charge < -0.3 is 13.0 Å². The van der Waals surface area contributed by atoms with Gasteiger partial charge >= 0.3 is 23.1 Å². The van der Waals surface area contributed by atoms with Crippen molar-refractivity contribution in [3.63, 3.8) is 0 Å². The largest absolute Gasteiger partial charge is 2.00 e. The molecule has 0 heterocycles. The van der Waals surface area contributed by atoms with E-state index in [0.717, 1.165) is 0 Å². The van der Waals surface area contributed by atoms with Gasteiger partial charge in [0.25, 0.3) is 0 Å². The van der Waals surface area contributed by atoms with E-state index < -0.39 is 0 Å². The Balaban J connectivity index is -0.000000320. The Hall–Kier alpha value is 0.983. The molecule has 0 atom stereocenters. The predicted molar refractivity (Wildman–Crippen MR) is 59.8 cm³/mol. The minimum absolute atomic E-state index is 0. The molecule has 2 heteroatoms. The summed E-state index contributed by atoms with van der Waals surface area (Å²) < 4.78 is 0. The molecule has 0 spiro atoms. The van der Waals surface area contributed by atoms with Crippen molar-refractivity contribution < 1.29 is 0 Å². The third-order valence-electron chi connectivity index (χ3n) is 1.53. The van der Waals surface area contributed by atoms with E-state index in [-0.39, 0.29) is 30.5 Å². The zero-order chi connectivity index (χ0) is 7.11. The number of hydrogen-bond acceptors (Lipinski definition) is 0. The molecule has 0 aromatic rings. The Morgan fingerprint density at radius 2 is 1.73 bits per heavy atom. The molecule has 0 radical (unpaired) electrons. The molecule has 0 saturated carbocycles. The normalized spacial score (nSPS) is 9.00. The summed E-state index contributed by atoms with van der Waals surface area (Å²) in [5.41, 5.74) is 1.71. The van der Waals surface area contributed by atoms with Crippen LogP contribution in [0, 0.1) is 13.0 Å². The summed E-state index contributed by atoms with van der Waals surface area (Å²) in [6.07, 6.45) is 7.06. The van der Waals surface area contributed by atoms with Crippen LogP contribution in [0.25, 0.3) is 0 Å². The van der Waals surface area contributed by atoms with E-state index in [1.165, 1.54) is 42.3 Å². The Morgan fingerprint density at radius 3 is 2.09 bits per heavy atom. The third kappa shape index (κ3) is 18.2. The molecule has 0 rings (SSSR count). The number of unbranched alkanes of at least 4 members (excludes halogenated alkanes) is 3. The second-order valence-corrected chi connectivity index (χ2v) is 4.72. The van der Waals surface area contributed by atoms with E-state index in [9.17, 15) is 0 Å². The summed E-state index contributed by atoms with van der Waals surface area (Å²) in [5.74, 6) is 0. The van der Waals surface area contributed by atoms with Gasteiger partial charge in [-0.1, -0.05) is 32.6 Å². The van der Waals surface area contributed by atoms with E-state index in [2.05, 4.69) is 13.8 Å². The summed E-state index contributed by atoms with van der Waals surface area (Å²) >= 11 is 0. The van der Waals surface area contributed by atoms with Crippen LogP contribution in [0.15, 0.2) is 0 Å². The van der Waals surface area contributed by atoms with Gasteiger partial charge in [0.1, 0.15) is 0 Å². The van der Waals surface area contributed by atoms with Crippen molar-refractivity contribution in [3.8, 4) is 0 Å². The van der Waals surface area contributed by atoms with Gasteiger partial charge in [0.15, 0.2) is 0 Å². The Morgan fingerprint density at radius 1 is 1.18 bits per heavy atom. The van der Waals surface area contributed by atoms with Crippen molar-refractivity contribution in [2.45, 2.75) is 46.0 Å². The molecule has 0 aromatic heterocycles. The smallest absolute Gasteiger partial charge is 0.358 e. The first kappa shape index (κ1) is 17.9. The minimum Gasteiger partial charge on any atom is -0.358 e. The van der Waals surface area contributed by atoms with Crippen LogP contribution >= 0.6 is 0 Å². The maximum atomic E-state index is 2.28. The number of hydrogen-bond donors (Lipinski definition) is 0. The van der Waals surface area contributed by atoms with Crippen LogP contribution < -0.4 is 0 Å². The van der Waals surface area contributed by atoms with E-state index in [1.807, 2.05) is 0 Å². The summed E-state index contributed by atoms with van der Waals surface area (Å²) in [7, 11) is 1.30. The van der Waals surface area contributed by atoms with Crippen LogP contribution in [-0.4, -0.2) is 33.3 Å². The van der Waals surface area contributed by atoms with Crippen LogP contribution in [0.2, 0.25) is 0 Å². The van der Waals surface area contributed by atoms with Crippen LogP contribution in [0.5, 0.6) is 0 Å². The summed E-state index contributed by atoms with van der Waals surface area (Å²) in [4.78, 5) is 0. The first-order valence-electron chi connectivity index (χ1n) is 4.06. The van der Waals surface area contributed by atoms with E-state index >= 15 is 0 Å². The first-order chi connectivity index (χ1) is 4.27. The van der Waals surface area contributed by atoms with Crippen molar-refractivity contribution in [1.82, 2.24) is 0 Å². The summed E-state index contributed by atoms with van der Waals surface area (Å²) in [6.45, 7) is 4.54. The molecule has 64 valence electrons. The average Bonchev–Trinajstić information content (AvgIpc) is 1.80. The molecule has 0 bridgehead atoms. The van der Waals surface area contributed by atoms with Gasteiger partial charge in [0.05, 0.1) is 0 Å². The molecule has 0 aromatic carbocycles. The zero-order valence-corrected chi connectivity index (χ0v) is 12.2. The molecular formula is C9H22MgSi. The van der Waals surface area contributed by atoms with Gasteiger partial charge in [0, 0.05) is 0 Å². The van der Waals surface area contributed by atoms with E-state index in [0.29, 0.717) is 0 Å². The molecule has 0 fully saturated rings. The molecule has 0 unspecified atom stereocenters. The van der Waals surface area contributed by atoms with Crippen LogP contribution in [0.4, 0.5) is 0 Å². The number of rotatable bonds is 5. The summed E-state index contributed by atoms with van der Waals surface area (Å²) in [6, 6.07) is 0. The van der Waals surface area contributed by atoms with Gasteiger partial charge in [-0.05, 0) is 0 Å². The van der Waals surface area contributed by atoms with Gasteiger partial charge in [-0.2, -0.15) is 13.3 Å². The molecule has 0 nitrogen and oxygen atoms in total. The third-order valence-corrected chi connectivity index (χ3v) is 2.03. The Bertz CT molecular complexity index is 55.5. The van der Waals surface area contributed by atoms with Crippen LogP contribution in [-0.2, 0) is 0 Å². The van der Waals surface area contributed by atoms with E-state index in [4.69, 9.17) is 0 Å². The molecule has 0 aliphatic rings. The van der Waals surface area contributed by atoms with Gasteiger partial charge in [-0.3, -0.25) is 0 Å². The van der Waals surface area contributed by atoms with Crippen molar-refractivity contribution in [1.29, 1.82) is 0 Å². The zero-order valence-electron chi connectivity index (χ0n) is 8.74. The maximum absolute atomic E-state index is 2.28. The van der Waals surface area contributed by atoms with Crippen molar-refractivity contribution in [3.05, 3.63) is 13.0 Å².